The average molecular weight is 721 g/mol. The van der Waals surface area contributed by atoms with E-state index in [2.05, 4.69) is 133 Å². The van der Waals surface area contributed by atoms with E-state index in [1.54, 1.807) is 27.8 Å². The molecule has 4 aliphatic carbocycles. The second kappa shape index (κ2) is 14.5. The number of rotatable bonds is 2. The molecule has 0 spiro atoms. The Morgan fingerprint density at radius 1 is 0.761 bits per heavy atom. The molecule has 0 radical (unpaired) electrons. The second-order valence-corrected chi connectivity index (χ2v) is 14.9. The molecule has 4 aromatic rings. The van der Waals surface area contributed by atoms with Crippen LogP contribution in [0.25, 0.3) is 22.8 Å². The summed E-state index contributed by atoms with van der Waals surface area (Å²) >= 11 is 1.46. The van der Waals surface area contributed by atoms with E-state index in [0.717, 1.165) is 12.8 Å². The molecule has 4 aromatic carbocycles. The zero-order chi connectivity index (χ0) is 31.1. The second-order valence-electron chi connectivity index (χ2n) is 13.7. The minimum atomic E-state index is 0. The van der Waals surface area contributed by atoms with Crippen LogP contribution in [0.1, 0.15) is 81.3 Å². The molecule has 0 saturated heterocycles. The molecule has 0 aliphatic heterocycles. The van der Waals surface area contributed by atoms with Crippen LogP contribution < -0.4 is 35.3 Å². The van der Waals surface area contributed by atoms with E-state index in [9.17, 15) is 0 Å². The van der Waals surface area contributed by atoms with E-state index >= 15 is 0 Å². The van der Waals surface area contributed by atoms with Gasteiger partial charge in [0.2, 0.25) is 0 Å². The van der Waals surface area contributed by atoms with Crippen molar-refractivity contribution in [2.75, 3.05) is 0 Å². The SMILES string of the molecule is CC1=CC=c2c1c1c(c3c2=C(C)[CH-]C3(C)C)CC2=C1CC(C)(C)C=C2.[Cl-].[Cl-].[Zr+2]=[C](c1ccccc1)c1ccccc1.c1cc[cH-]c1. The van der Waals surface area contributed by atoms with E-state index in [-0.39, 0.29) is 35.6 Å². The van der Waals surface area contributed by atoms with Gasteiger partial charge < -0.3 is 24.8 Å². The Morgan fingerprint density at radius 3 is 1.89 bits per heavy atom. The maximum absolute atomic E-state index is 2.48. The zero-order valence-electron chi connectivity index (χ0n) is 27.7. The van der Waals surface area contributed by atoms with Crippen LogP contribution in [-0.4, -0.2) is 3.21 Å². The van der Waals surface area contributed by atoms with Crippen LogP contribution in [0.5, 0.6) is 0 Å². The van der Waals surface area contributed by atoms with Gasteiger partial charge >= 0.3 is 99.2 Å². The quantitative estimate of drug-likeness (QED) is 0.280. The molecule has 3 heteroatoms. The molecule has 0 saturated carbocycles. The number of halogens is 2. The van der Waals surface area contributed by atoms with Crippen molar-refractivity contribution < 1.29 is 49.0 Å². The predicted octanol–water partition coefficient (Wildman–Crippen LogP) is 3.06. The van der Waals surface area contributed by atoms with E-state index < -0.39 is 0 Å². The molecule has 4 aliphatic rings. The maximum Gasteiger partial charge on any atom is -0.172 e. The van der Waals surface area contributed by atoms with E-state index in [4.69, 9.17) is 0 Å². The van der Waals surface area contributed by atoms with Crippen molar-refractivity contribution >= 4 is 26.0 Å². The number of hydrogen-bond acceptors (Lipinski definition) is 0. The number of allylic oxidation sites excluding steroid dienone is 6. The number of fused-ring (bicyclic) bond motifs is 7. The third kappa shape index (κ3) is 7.04. The fourth-order valence-corrected chi connectivity index (χ4v) is 8.18. The summed E-state index contributed by atoms with van der Waals surface area (Å²) in [5, 5.41) is 3.00. The molecule has 0 amide bonds. The average Bonchev–Trinajstić information content (AvgIpc) is 3.81. The zero-order valence-corrected chi connectivity index (χ0v) is 31.7. The Morgan fingerprint density at radius 2 is 1.35 bits per heavy atom. The minimum absolute atomic E-state index is 0. The van der Waals surface area contributed by atoms with E-state index in [1.165, 1.54) is 65.7 Å². The standard InChI is InChI=1S/C25H27.C13H10.C5H5.2ClH.Zr/c1-14-7-8-17-20(14)22-18(23-21(17)15(2)12-25(23,5)6)11-16-9-10-24(3,4)13-19(16)22;1-3-7-12(8-4-1)11-13-9-5-2-6-10-13;1-2-4-5-3-1;;;/h7-10,12H,11,13H2,1-6H3;1-10H;1-5H;2*1H;/q-1;;-1;;;+2/p-2. The van der Waals surface area contributed by atoms with Crippen molar-refractivity contribution in [3.05, 3.63) is 165 Å². The molecule has 0 nitrogen and oxygen atoms in total. The summed E-state index contributed by atoms with van der Waals surface area (Å²) < 4.78 is 1.42. The predicted molar refractivity (Wildman–Crippen MR) is 187 cm³/mol. The normalized spacial score (nSPS) is 16.7. The van der Waals surface area contributed by atoms with Gasteiger partial charge in [0.25, 0.3) is 0 Å². The molecular weight excluding hydrogens is 679 g/mol. The molecular formula is C43H42Cl2Zr-2. The van der Waals surface area contributed by atoms with Gasteiger partial charge in [0, 0.05) is 0 Å². The number of hydrogen-bond donors (Lipinski definition) is 0. The molecule has 46 heavy (non-hydrogen) atoms. The summed E-state index contributed by atoms with van der Waals surface area (Å²) in [5.41, 5.74) is 15.4. The van der Waals surface area contributed by atoms with Crippen LogP contribution in [0.3, 0.4) is 0 Å². The fourth-order valence-electron chi connectivity index (χ4n) is 7.36. The van der Waals surface area contributed by atoms with Gasteiger partial charge in [-0.1, -0.05) is 75.1 Å². The van der Waals surface area contributed by atoms with Crippen molar-refractivity contribution in [2.24, 2.45) is 5.41 Å². The van der Waals surface area contributed by atoms with Crippen LogP contribution in [-0.2, 0) is 36.1 Å². The third-order valence-electron chi connectivity index (χ3n) is 9.26. The molecule has 0 heterocycles. The molecule has 0 bridgehead atoms. The van der Waals surface area contributed by atoms with Gasteiger partial charge in [-0.05, 0) is 53.0 Å². The Balaban J connectivity index is 0.000000193. The molecule has 0 unspecified atom stereocenters. The first-order valence-corrected chi connectivity index (χ1v) is 17.0. The summed E-state index contributed by atoms with van der Waals surface area (Å²) in [6, 6.07) is 31.1. The Bertz CT molecular complexity index is 1880. The molecule has 0 aromatic heterocycles. The third-order valence-corrected chi connectivity index (χ3v) is 10.7. The van der Waals surface area contributed by atoms with Gasteiger partial charge in [-0.3, -0.25) is 0 Å². The van der Waals surface area contributed by atoms with E-state index in [1.807, 2.05) is 30.3 Å². The Kier molecular flexibility index (Phi) is 11.4. The maximum atomic E-state index is 2.48. The van der Waals surface area contributed by atoms with Gasteiger partial charge in [-0.15, -0.1) is 5.56 Å². The van der Waals surface area contributed by atoms with Crippen molar-refractivity contribution in [1.82, 2.24) is 0 Å². The molecule has 8 rings (SSSR count). The Labute approximate surface area is 303 Å². The van der Waals surface area contributed by atoms with Gasteiger partial charge in [0.15, 0.2) is 0 Å². The van der Waals surface area contributed by atoms with Crippen LogP contribution in [0.4, 0.5) is 0 Å². The van der Waals surface area contributed by atoms with Crippen molar-refractivity contribution in [3.63, 3.8) is 0 Å². The van der Waals surface area contributed by atoms with Gasteiger partial charge in [0.05, 0.1) is 0 Å². The first-order valence-electron chi connectivity index (χ1n) is 15.8. The van der Waals surface area contributed by atoms with Crippen molar-refractivity contribution in [1.29, 1.82) is 0 Å². The van der Waals surface area contributed by atoms with Gasteiger partial charge in [-0.2, -0.15) is 23.4 Å². The number of benzene rings is 3. The van der Waals surface area contributed by atoms with Crippen LogP contribution in [0.15, 0.2) is 115 Å². The monoisotopic (exact) mass is 718 g/mol. The first kappa shape index (κ1) is 36.0. The van der Waals surface area contributed by atoms with Gasteiger partial charge in [0.1, 0.15) is 0 Å². The topological polar surface area (TPSA) is 0 Å². The molecule has 234 valence electrons. The summed E-state index contributed by atoms with van der Waals surface area (Å²) in [5.74, 6) is 0. The van der Waals surface area contributed by atoms with Gasteiger partial charge in [-0.25, -0.2) is 24.1 Å². The summed E-state index contributed by atoms with van der Waals surface area (Å²) in [6.07, 6.45) is 14.3. The largest absolute Gasteiger partial charge is 0.214 e. The first-order chi connectivity index (χ1) is 21.1. The van der Waals surface area contributed by atoms with Crippen molar-refractivity contribution in [3.8, 4) is 0 Å². The Hall–Kier alpha value is -2.83. The summed E-state index contributed by atoms with van der Waals surface area (Å²) in [4.78, 5) is 0. The van der Waals surface area contributed by atoms with Crippen LogP contribution in [0, 0.1) is 11.8 Å². The minimum Gasteiger partial charge on any atom is -0.214 e. The summed E-state index contributed by atoms with van der Waals surface area (Å²) in [7, 11) is 0. The molecule has 0 N–H and O–H groups in total. The molecule has 0 fully saturated rings. The van der Waals surface area contributed by atoms with Crippen LogP contribution in [0.2, 0.25) is 0 Å². The van der Waals surface area contributed by atoms with Crippen LogP contribution >= 0.6 is 0 Å². The smallest absolute Gasteiger partial charge is 0.172 e. The summed E-state index contributed by atoms with van der Waals surface area (Å²) in [6.45, 7) is 14.1. The fraction of sp³-hybridized carbons (Fsp3) is 0.233. The van der Waals surface area contributed by atoms with Crippen molar-refractivity contribution in [2.45, 2.75) is 59.8 Å². The van der Waals surface area contributed by atoms with E-state index in [0.29, 0.717) is 0 Å². The molecule has 0 atom stereocenters.